The Kier molecular flexibility index (Phi) is 5.11. The number of nitrogens with two attached hydrogens (primary N) is 1. The molecule has 0 heterocycles. The summed E-state index contributed by atoms with van der Waals surface area (Å²) in [5.41, 5.74) is 5.60. The van der Waals surface area contributed by atoms with Gasteiger partial charge in [0, 0.05) is 18.7 Å². The topological polar surface area (TPSA) is 64.4 Å². The molecule has 0 fully saturated rings. The third kappa shape index (κ3) is 4.54. The van der Waals surface area contributed by atoms with Crippen LogP contribution in [0.25, 0.3) is 0 Å². The van der Waals surface area contributed by atoms with E-state index in [1.807, 2.05) is 0 Å². The molecule has 0 bridgehead atoms. The van der Waals surface area contributed by atoms with Crippen molar-refractivity contribution in [2.24, 2.45) is 5.73 Å². The van der Waals surface area contributed by atoms with Crippen molar-refractivity contribution in [3.63, 3.8) is 0 Å². The van der Waals surface area contributed by atoms with E-state index in [2.05, 4.69) is 10.1 Å². The SMILES string of the molecule is NCCC(=O)Nc1ccc(OC(F)F)c(Cl)c1. The molecular formula is C10H11ClF2N2O2. The van der Waals surface area contributed by atoms with Gasteiger partial charge < -0.3 is 15.8 Å². The Morgan fingerprint density at radius 1 is 1.53 bits per heavy atom. The van der Waals surface area contributed by atoms with E-state index in [-0.39, 0.29) is 29.6 Å². The zero-order valence-electron chi connectivity index (χ0n) is 8.75. The van der Waals surface area contributed by atoms with Crippen LogP contribution in [-0.4, -0.2) is 19.1 Å². The van der Waals surface area contributed by atoms with Gasteiger partial charge in [0.05, 0.1) is 5.02 Å². The summed E-state index contributed by atoms with van der Waals surface area (Å²) in [4.78, 5) is 11.2. The summed E-state index contributed by atoms with van der Waals surface area (Å²) >= 11 is 5.70. The molecule has 0 aromatic heterocycles. The quantitative estimate of drug-likeness (QED) is 0.857. The molecule has 0 radical (unpaired) electrons. The Morgan fingerprint density at radius 2 is 2.24 bits per heavy atom. The van der Waals surface area contributed by atoms with Gasteiger partial charge in [-0.1, -0.05) is 11.6 Å². The van der Waals surface area contributed by atoms with E-state index in [0.717, 1.165) is 0 Å². The molecule has 1 aromatic carbocycles. The Balaban J connectivity index is 2.71. The number of rotatable bonds is 5. The van der Waals surface area contributed by atoms with E-state index in [1.54, 1.807) is 0 Å². The fourth-order valence-electron chi connectivity index (χ4n) is 1.12. The molecule has 3 N–H and O–H groups in total. The molecule has 0 spiro atoms. The van der Waals surface area contributed by atoms with Crippen molar-refractivity contribution in [2.75, 3.05) is 11.9 Å². The van der Waals surface area contributed by atoms with Crippen molar-refractivity contribution in [2.45, 2.75) is 13.0 Å². The van der Waals surface area contributed by atoms with Gasteiger partial charge in [0.1, 0.15) is 5.75 Å². The fourth-order valence-corrected chi connectivity index (χ4v) is 1.35. The van der Waals surface area contributed by atoms with Crippen LogP contribution in [-0.2, 0) is 4.79 Å². The maximum absolute atomic E-state index is 11.9. The van der Waals surface area contributed by atoms with Crippen LogP contribution in [0.5, 0.6) is 5.75 Å². The number of hydrogen-bond donors (Lipinski definition) is 2. The first-order chi connectivity index (χ1) is 8.02. The van der Waals surface area contributed by atoms with Gasteiger partial charge in [-0.25, -0.2) is 0 Å². The number of anilines is 1. The van der Waals surface area contributed by atoms with Gasteiger partial charge in [-0.15, -0.1) is 0 Å². The Hall–Kier alpha value is -1.40. The fraction of sp³-hybridized carbons (Fsp3) is 0.300. The highest BCUT2D eigenvalue weighted by atomic mass is 35.5. The maximum Gasteiger partial charge on any atom is 0.387 e. The zero-order chi connectivity index (χ0) is 12.8. The second kappa shape index (κ2) is 6.36. The Labute approximate surface area is 102 Å². The van der Waals surface area contributed by atoms with Crippen LogP contribution in [0.3, 0.4) is 0 Å². The number of halogens is 3. The van der Waals surface area contributed by atoms with Crippen molar-refractivity contribution in [3.05, 3.63) is 23.2 Å². The molecule has 1 aromatic rings. The highest BCUT2D eigenvalue weighted by Crippen LogP contribution is 2.28. The number of alkyl halides is 2. The van der Waals surface area contributed by atoms with Gasteiger partial charge in [0.15, 0.2) is 0 Å². The highest BCUT2D eigenvalue weighted by molar-refractivity contribution is 6.32. The molecule has 17 heavy (non-hydrogen) atoms. The summed E-state index contributed by atoms with van der Waals surface area (Å²) in [5, 5.41) is 2.51. The van der Waals surface area contributed by atoms with E-state index in [1.165, 1.54) is 18.2 Å². The largest absolute Gasteiger partial charge is 0.433 e. The molecule has 7 heteroatoms. The lowest BCUT2D eigenvalue weighted by Gasteiger charge is -2.09. The molecule has 1 rings (SSSR count). The van der Waals surface area contributed by atoms with Crippen LogP contribution in [0.2, 0.25) is 5.02 Å². The first-order valence-corrected chi connectivity index (χ1v) is 5.15. The van der Waals surface area contributed by atoms with Crippen LogP contribution in [0, 0.1) is 0 Å². The van der Waals surface area contributed by atoms with Gasteiger partial charge >= 0.3 is 6.61 Å². The average Bonchev–Trinajstić information content (AvgIpc) is 2.22. The predicted octanol–water partition coefficient (Wildman–Crippen LogP) is 2.23. The van der Waals surface area contributed by atoms with E-state index < -0.39 is 6.61 Å². The van der Waals surface area contributed by atoms with Gasteiger partial charge in [0.2, 0.25) is 5.91 Å². The summed E-state index contributed by atoms with van der Waals surface area (Å²) in [6.45, 7) is -2.71. The number of hydrogen-bond acceptors (Lipinski definition) is 3. The van der Waals surface area contributed by atoms with Crippen LogP contribution in [0.1, 0.15) is 6.42 Å². The van der Waals surface area contributed by atoms with Crippen LogP contribution in [0.15, 0.2) is 18.2 Å². The average molecular weight is 265 g/mol. The first-order valence-electron chi connectivity index (χ1n) is 4.77. The standard InChI is InChI=1S/C10H11ClF2N2O2/c11-7-5-6(15-9(16)3-4-14)1-2-8(7)17-10(12)13/h1-2,5,10H,3-4,14H2,(H,15,16). The van der Waals surface area contributed by atoms with E-state index in [9.17, 15) is 13.6 Å². The minimum absolute atomic E-state index is 0.00384. The zero-order valence-corrected chi connectivity index (χ0v) is 9.51. The van der Waals surface area contributed by atoms with Gasteiger partial charge in [-0.3, -0.25) is 4.79 Å². The first kappa shape index (κ1) is 13.7. The number of nitrogens with one attached hydrogen (secondary N) is 1. The van der Waals surface area contributed by atoms with E-state index in [4.69, 9.17) is 17.3 Å². The summed E-state index contributed by atoms with van der Waals surface area (Å²) in [5.74, 6) is -0.412. The molecule has 4 nitrogen and oxygen atoms in total. The van der Waals surface area contributed by atoms with Crippen molar-refractivity contribution < 1.29 is 18.3 Å². The lowest BCUT2D eigenvalue weighted by molar-refractivity contribution is -0.116. The molecule has 0 aliphatic heterocycles. The molecule has 0 unspecified atom stereocenters. The predicted molar refractivity (Wildman–Crippen MR) is 60.4 cm³/mol. The lowest BCUT2D eigenvalue weighted by Crippen LogP contribution is -2.16. The van der Waals surface area contributed by atoms with Gasteiger partial charge in [0.25, 0.3) is 0 Å². The van der Waals surface area contributed by atoms with Crippen molar-refractivity contribution in [1.29, 1.82) is 0 Å². The van der Waals surface area contributed by atoms with E-state index >= 15 is 0 Å². The molecule has 0 aliphatic rings. The van der Waals surface area contributed by atoms with Crippen LogP contribution in [0.4, 0.5) is 14.5 Å². The normalized spacial score (nSPS) is 10.4. The van der Waals surface area contributed by atoms with Crippen molar-refractivity contribution >= 4 is 23.2 Å². The highest BCUT2D eigenvalue weighted by Gasteiger charge is 2.09. The number of amides is 1. The van der Waals surface area contributed by atoms with Crippen LogP contribution >= 0.6 is 11.6 Å². The van der Waals surface area contributed by atoms with Crippen molar-refractivity contribution in [1.82, 2.24) is 0 Å². The second-order valence-corrected chi connectivity index (χ2v) is 3.52. The number of carbonyl (C=O) groups excluding carboxylic acids is 1. The summed E-state index contributed by atoms with van der Waals surface area (Å²) in [6.07, 6.45) is 0.174. The molecule has 0 aliphatic carbocycles. The Bertz CT molecular complexity index is 402. The maximum atomic E-state index is 11.9. The van der Waals surface area contributed by atoms with Crippen LogP contribution < -0.4 is 15.8 Å². The minimum atomic E-state index is -2.94. The summed E-state index contributed by atoms with van der Waals surface area (Å²) in [7, 11) is 0. The smallest absolute Gasteiger partial charge is 0.387 e. The molecule has 0 atom stereocenters. The number of benzene rings is 1. The third-order valence-corrected chi connectivity index (χ3v) is 2.10. The molecule has 1 amide bonds. The lowest BCUT2D eigenvalue weighted by atomic mass is 10.3. The molecule has 0 saturated heterocycles. The van der Waals surface area contributed by atoms with Crippen molar-refractivity contribution in [3.8, 4) is 5.75 Å². The molecular weight excluding hydrogens is 254 g/mol. The molecule has 0 saturated carbocycles. The summed E-state index contributed by atoms with van der Waals surface area (Å²) in [6, 6.07) is 4.00. The molecule has 94 valence electrons. The second-order valence-electron chi connectivity index (χ2n) is 3.11. The number of carbonyl (C=O) groups is 1. The van der Waals surface area contributed by atoms with Gasteiger partial charge in [-0.05, 0) is 18.2 Å². The monoisotopic (exact) mass is 264 g/mol. The minimum Gasteiger partial charge on any atom is -0.433 e. The Morgan fingerprint density at radius 3 is 2.76 bits per heavy atom. The third-order valence-electron chi connectivity index (χ3n) is 1.80. The van der Waals surface area contributed by atoms with Gasteiger partial charge in [-0.2, -0.15) is 8.78 Å². The summed E-state index contributed by atoms with van der Waals surface area (Å²) < 4.78 is 28.0. The van der Waals surface area contributed by atoms with E-state index in [0.29, 0.717) is 5.69 Å². The number of ether oxygens (including phenoxy) is 1.